The van der Waals surface area contributed by atoms with Crippen molar-refractivity contribution in [2.24, 2.45) is 5.73 Å². The molecule has 1 rings (SSSR count). The van der Waals surface area contributed by atoms with E-state index >= 15 is 0 Å². The number of rotatable bonds is 1. The molecule has 3 N–H and O–H groups in total. The van der Waals surface area contributed by atoms with Gasteiger partial charge in [-0.2, -0.15) is 0 Å². The van der Waals surface area contributed by atoms with Crippen LogP contribution >= 0.6 is 0 Å². The Morgan fingerprint density at radius 3 is 3.00 bits per heavy atom. The third-order valence-electron chi connectivity index (χ3n) is 1.65. The van der Waals surface area contributed by atoms with Crippen LogP contribution in [0.4, 0.5) is 0 Å². The topological polar surface area (TPSA) is 38.0 Å². The standard InChI is InChI=1S/C8H14N2/c1-2-4-7-5-3-6-10-8(7)9/h2,4,10H,3,5-6,9H2,1H3/b4-2-. The van der Waals surface area contributed by atoms with E-state index in [4.69, 9.17) is 5.73 Å². The van der Waals surface area contributed by atoms with Crippen LogP contribution < -0.4 is 11.1 Å². The number of allylic oxidation sites excluding steroid dienone is 3. The number of nitrogens with two attached hydrogens (primary N) is 1. The van der Waals surface area contributed by atoms with E-state index < -0.39 is 0 Å². The van der Waals surface area contributed by atoms with Crippen LogP contribution in [0, 0.1) is 0 Å². The highest BCUT2D eigenvalue weighted by Gasteiger charge is 2.04. The SMILES string of the molecule is C/C=C\C1=C(N)NCCC1. The Hall–Kier alpha value is -0.920. The van der Waals surface area contributed by atoms with Gasteiger partial charge < -0.3 is 11.1 Å². The summed E-state index contributed by atoms with van der Waals surface area (Å²) in [6.07, 6.45) is 6.40. The molecule has 0 saturated carbocycles. The number of hydrogen-bond acceptors (Lipinski definition) is 2. The molecule has 2 heteroatoms. The summed E-state index contributed by atoms with van der Waals surface area (Å²) >= 11 is 0. The Kier molecular flexibility index (Phi) is 2.37. The molecule has 0 amide bonds. The van der Waals surface area contributed by atoms with E-state index in [-0.39, 0.29) is 0 Å². The van der Waals surface area contributed by atoms with Crippen LogP contribution in [-0.2, 0) is 0 Å². The molecule has 0 aromatic rings. The van der Waals surface area contributed by atoms with Crippen LogP contribution in [-0.4, -0.2) is 6.54 Å². The summed E-state index contributed by atoms with van der Waals surface area (Å²) in [7, 11) is 0. The second-order valence-corrected chi connectivity index (χ2v) is 2.47. The molecule has 0 aromatic carbocycles. The average molecular weight is 138 g/mol. The van der Waals surface area contributed by atoms with Gasteiger partial charge in [-0.15, -0.1) is 0 Å². The molecule has 0 radical (unpaired) electrons. The predicted molar refractivity (Wildman–Crippen MR) is 43.3 cm³/mol. The molecular weight excluding hydrogens is 124 g/mol. The van der Waals surface area contributed by atoms with Gasteiger partial charge >= 0.3 is 0 Å². The van der Waals surface area contributed by atoms with Gasteiger partial charge in [0.05, 0.1) is 5.82 Å². The molecule has 0 unspecified atom stereocenters. The van der Waals surface area contributed by atoms with Crippen LogP contribution in [0.15, 0.2) is 23.5 Å². The van der Waals surface area contributed by atoms with Gasteiger partial charge in [-0.05, 0) is 25.3 Å². The first-order chi connectivity index (χ1) is 4.84. The molecule has 0 bridgehead atoms. The zero-order chi connectivity index (χ0) is 7.40. The fourth-order valence-electron chi connectivity index (χ4n) is 1.12. The minimum Gasteiger partial charge on any atom is -0.385 e. The largest absolute Gasteiger partial charge is 0.385 e. The Morgan fingerprint density at radius 2 is 2.40 bits per heavy atom. The fourth-order valence-corrected chi connectivity index (χ4v) is 1.12. The van der Waals surface area contributed by atoms with Crippen molar-refractivity contribution < 1.29 is 0 Å². The summed E-state index contributed by atoms with van der Waals surface area (Å²) in [5, 5.41) is 3.12. The molecule has 1 aliphatic rings. The molecule has 0 aliphatic carbocycles. The zero-order valence-electron chi connectivity index (χ0n) is 6.35. The van der Waals surface area contributed by atoms with Gasteiger partial charge in [0.15, 0.2) is 0 Å². The highest BCUT2D eigenvalue weighted by molar-refractivity contribution is 5.24. The van der Waals surface area contributed by atoms with E-state index in [1.54, 1.807) is 0 Å². The quantitative estimate of drug-likeness (QED) is 0.569. The molecule has 0 atom stereocenters. The summed E-state index contributed by atoms with van der Waals surface area (Å²) in [6, 6.07) is 0. The van der Waals surface area contributed by atoms with Crippen LogP contribution in [0.5, 0.6) is 0 Å². The third kappa shape index (κ3) is 1.53. The van der Waals surface area contributed by atoms with Crippen LogP contribution in [0.3, 0.4) is 0 Å². The third-order valence-corrected chi connectivity index (χ3v) is 1.65. The van der Waals surface area contributed by atoms with Crippen molar-refractivity contribution >= 4 is 0 Å². The molecule has 1 aliphatic heterocycles. The van der Waals surface area contributed by atoms with Gasteiger partial charge in [0.2, 0.25) is 0 Å². The van der Waals surface area contributed by atoms with Crippen molar-refractivity contribution in [3.8, 4) is 0 Å². The monoisotopic (exact) mass is 138 g/mol. The molecule has 1 heterocycles. The summed E-state index contributed by atoms with van der Waals surface area (Å²) in [6.45, 7) is 3.03. The van der Waals surface area contributed by atoms with E-state index in [0.717, 1.165) is 18.8 Å². The summed E-state index contributed by atoms with van der Waals surface area (Å²) < 4.78 is 0. The maximum Gasteiger partial charge on any atom is 0.0992 e. The van der Waals surface area contributed by atoms with Crippen molar-refractivity contribution in [2.75, 3.05) is 6.54 Å². The van der Waals surface area contributed by atoms with Crippen molar-refractivity contribution in [1.29, 1.82) is 0 Å². The maximum atomic E-state index is 5.68. The summed E-state index contributed by atoms with van der Waals surface area (Å²) in [4.78, 5) is 0. The van der Waals surface area contributed by atoms with Gasteiger partial charge in [0, 0.05) is 6.54 Å². The van der Waals surface area contributed by atoms with Crippen molar-refractivity contribution in [3.05, 3.63) is 23.5 Å². The Labute approximate surface area is 61.8 Å². The minimum atomic E-state index is 0.851. The molecule has 0 saturated heterocycles. The van der Waals surface area contributed by atoms with Gasteiger partial charge in [0.25, 0.3) is 0 Å². The lowest BCUT2D eigenvalue weighted by atomic mass is 10.1. The predicted octanol–water partition coefficient (Wildman–Crippen LogP) is 1.12. The lowest BCUT2D eigenvalue weighted by molar-refractivity contribution is 0.664. The number of nitrogens with one attached hydrogen (secondary N) is 1. The molecular formula is C8H14N2. The van der Waals surface area contributed by atoms with Crippen molar-refractivity contribution in [2.45, 2.75) is 19.8 Å². The van der Waals surface area contributed by atoms with E-state index in [2.05, 4.69) is 11.4 Å². The fraction of sp³-hybridized carbons (Fsp3) is 0.500. The molecule has 0 fully saturated rings. The van der Waals surface area contributed by atoms with Crippen molar-refractivity contribution in [1.82, 2.24) is 5.32 Å². The Balaban J connectivity index is 2.68. The lowest BCUT2D eigenvalue weighted by Crippen LogP contribution is -2.26. The molecule has 0 aromatic heterocycles. The molecule has 10 heavy (non-hydrogen) atoms. The summed E-state index contributed by atoms with van der Waals surface area (Å²) in [5.74, 6) is 0.851. The first kappa shape index (κ1) is 7.19. The number of hydrogen-bond donors (Lipinski definition) is 2. The van der Waals surface area contributed by atoms with E-state index in [1.165, 1.54) is 12.0 Å². The highest BCUT2D eigenvalue weighted by atomic mass is 15.0. The first-order valence-corrected chi connectivity index (χ1v) is 3.70. The van der Waals surface area contributed by atoms with Gasteiger partial charge in [-0.1, -0.05) is 12.2 Å². The Bertz CT molecular complexity index is 168. The van der Waals surface area contributed by atoms with E-state index in [0.29, 0.717) is 0 Å². The van der Waals surface area contributed by atoms with Gasteiger partial charge in [0.1, 0.15) is 0 Å². The van der Waals surface area contributed by atoms with Gasteiger partial charge in [-0.25, -0.2) is 0 Å². The molecule has 2 nitrogen and oxygen atoms in total. The van der Waals surface area contributed by atoms with E-state index in [1.807, 2.05) is 13.0 Å². The maximum absolute atomic E-state index is 5.68. The first-order valence-electron chi connectivity index (χ1n) is 3.70. The molecule has 56 valence electrons. The highest BCUT2D eigenvalue weighted by Crippen LogP contribution is 2.11. The zero-order valence-corrected chi connectivity index (χ0v) is 6.35. The minimum absolute atomic E-state index is 0.851. The van der Waals surface area contributed by atoms with Crippen LogP contribution in [0.1, 0.15) is 19.8 Å². The Morgan fingerprint density at radius 1 is 1.60 bits per heavy atom. The van der Waals surface area contributed by atoms with E-state index in [9.17, 15) is 0 Å². The average Bonchev–Trinajstić information content (AvgIpc) is 1.94. The van der Waals surface area contributed by atoms with Gasteiger partial charge in [-0.3, -0.25) is 0 Å². The van der Waals surface area contributed by atoms with Crippen LogP contribution in [0.2, 0.25) is 0 Å². The lowest BCUT2D eigenvalue weighted by Gasteiger charge is -2.16. The van der Waals surface area contributed by atoms with Crippen molar-refractivity contribution in [3.63, 3.8) is 0 Å². The second-order valence-electron chi connectivity index (χ2n) is 2.47. The smallest absolute Gasteiger partial charge is 0.0992 e. The normalized spacial score (nSPS) is 19.7. The van der Waals surface area contributed by atoms with Crippen LogP contribution in [0.25, 0.3) is 0 Å². The second kappa shape index (κ2) is 3.30. The summed E-state index contributed by atoms with van der Waals surface area (Å²) in [5.41, 5.74) is 6.93. The molecule has 0 spiro atoms.